The number of benzene rings is 1. The topological polar surface area (TPSA) is 33.2 Å². The lowest BCUT2D eigenvalue weighted by Crippen LogP contribution is -2.27. The molecular formula is C16H17FN2OS2. The van der Waals surface area contributed by atoms with Crippen LogP contribution in [0.1, 0.15) is 19.3 Å². The summed E-state index contributed by atoms with van der Waals surface area (Å²) in [7, 11) is 0. The first-order chi connectivity index (χ1) is 10.7. The van der Waals surface area contributed by atoms with E-state index < -0.39 is 0 Å². The van der Waals surface area contributed by atoms with Gasteiger partial charge in [0.2, 0.25) is 5.91 Å². The third-order valence-corrected chi connectivity index (χ3v) is 5.65. The van der Waals surface area contributed by atoms with Crippen LogP contribution in [0, 0.1) is 5.82 Å². The van der Waals surface area contributed by atoms with Crippen molar-refractivity contribution in [3.63, 3.8) is 0 Å². The second-order valence-electron chi connectivity index (χ2n) is 5.19. The van der Waals surface area contributed by atoms with Crippen molar-refractivity contribution >= 4 is 29.0 Å². The fraction of sp³-hybridized carbons (Fsp3) is 0.375. The van der Waals surface area contributed by atoms with Crippen molar-refractivity contribution in [3.05, 3.63) is 35.5 Å². The fourth-order valence-electron chi connectivity index (χ4n) is 2.43. The third-order valence-electron chi connectivity index (χ3n) is 3.62. The number of rotatable bonds is 5. The lowest BCUT2D eigenvalue weighted by atomic mass is 10.2. The minimum atomic E-state index is -0.242. The van der Waals surface area contributed by atoms with E-state index in [0.29, 0.717) is 6.42 Å². The molecule has 116 valence electrons. The van der Waals surface area contributed by atoms with E-state index in [1.54, 1.807) is 35.2 Å². The van der Waals surface area contributed by atoms with Gasteiger partial charge in [-0.1, -0.05) is 11.8 Å². The minimum absolute atomic E-state index is 0.242. The molecule has 0 radical (unpaired) electrons. The Hall–Kier alpha value is -1.40. The monoisotopic (exact) mass is 336 g/mol. The van der Waals surface area contributed by atoms with Crippen molar-refractivity contribution in [2.45, 2.75) is 23.6 Å². The predicted molar refractivity (Wildman–Crippen MR) is 88.7 cm³/mol. The number of hydrogen-bond donors (Lipinski definition) is 0. The molecule has 1 saturated heterocycles. The third kappa shape index (κ3) is 3.87. The first-order valence-electron chi connectivity index (χ1n) is 7.34. The standard InChI is InChI=1S/C16H17FN2OS2/c17-13-5-3-12(4-6-13)14-11-22-16(18-14)21-10-7-15(20)19-8-1-2-9-19/h3-6,11H,1-2,7-10H2. The van der Waals surface area contributed by atoms with Crippen LogP contribution in [-0.4, -0.2) is 34.6 Å². The predicted octanol–water partition coefficient (Wildman–Crippen LogP) is 4.05. The van der Waals surface area contributed by atoms with Gasteiger partial charge in [-0.15, -0.1) is 11.3 Å². The molecule has 0 aliphatic carbocycles. The maximum atomic E-state index is 12.9. The zero-order chi connectivity index (χ0) is 15.4. The van der Waals surface area contributed by atoms with Crippen LogP contribution in [0.25, 0.3) is 11.3 Å². The van der Waals surface area contributed by atoms with Gasteiger partial charge in [0.05, 0.1) is 5.69 Å². The zero-order valence-electron chi connectivity index (χ0n) is 12.1. The molecule has 22 heavy (non-hydrogen) atoms. The van der Waals surface area contributed by atoms with Gasteiger partial charge in [0.25, 0.3) is 0 Å². The molecule has 0 spiro atoms. The highest BCUT2D eigenvalue weighted by molar-refractivity contribution is 8.01. The van der Waals surface area contributed by atoms with Gasteiger partial charge in [-0.05, 0) is 37.1 Å². The molecule has 1 fully saturated rings. The molecule has 1 aromatic heterocycles. The molecule has 2 aromatic rings. The molecule has 1 amide bonds. The average Bonchev–Trinajstić information content (AvgIpc) is 3.19. The molecule has 0 saturated carbocycles. The van der Waals surface area contributed by atoms with Crippen molar-refractivity contribution in [1.82, 2.24) is 9.88 Å². The molecule has 1 aromatic carbocycles. The number of halogens is 1. The van der Waals surface area contributed by atoms with Crippen molar-refractivity contribution in [2.75, 3.05) is 18.8 Å². The number of amides is 1. The second kappa shape index (κ2) is 7.24. The summed E-state index contributed by atoms with van der Waals surface area (Å²) >= 11 is 3.18. The Labute approximate surface area is 137 Å². The first kappa shape index (κ1) is 15.5. The quantitative estimate of drug-likeness (QED) is 0.772. The number of carbonyl (C=O) groups excluding carboxylic acids is 1. The van der Waals surface area contributed by atoms with E-state index in [9.17, 15) is 9.18 Å². The highest BCUT2D eigenvalue weighted by Crippen LogP contribution is 2.28. The van der Waals surface area contributed by atoms with Gasteiger partial charge in [0, 0.05) is 36.2 Å². The fourth-order valence-corrected chi connectivity index (χ4v) is 4.26. The summed E-state index contributed by atoms with van der Waals surface area (Å²) in [5.74, 6) is 0.764. The maximum absolute atomic E-state index is 12.9. The molecule has 1 aliphatic heterocycles. The summed E-state index contributed by atoms with van der Waals surface area (Å²) in [5, 5.41) is 1.97. The second-order valence-corrected chi connectivity index (χ2v) is 7.39. The average molecular weight is 336 g/mol. The Morgan fingerprint density at radius 2 is 2.00 bits per heavy atom. The Balaban J connectivity index is 1.51. The maximum Gasteiger partial charge on any atom is 0.223 e. The summed E-state index contributed by atoms with van der Waals surface area (Å²) in [6.07, 6.45) is 2.83. The van der Waals surface area contributed by atoms with Crippen LogP contribution in [0.3, 0.4) is 0 Å². The van der Waals surface area contributed by atoms with Crippen molar-refractivity contribution in [1.29, 1.82) is 0 Å². The molecule has 0 unspecified atom stereocenters. The summed E-state index contributed by atoms with van der Waals surface area (Å²) < 4.78 is 13.9. The van der Waals surface area contributed by atoms with Gasteiger partial charge < -0.3 is 4.90 Å². The van der Waals surface area contributed by atoms with E-state index in [0.717, 1.165) is 47.3 Å². The Morgan fingerprint density at radius 1 is 1.27 bits per heavy atom. The lowest BCUT2D eigenvalue weighted by Gasteiger charge is -2.14. The molecule has 0 bridgehead atoms. The van der Waals surface area contributed by atoms with Gasteiger partial charge >= 0.3 is 0 Å². The lowest BCUT2D eigenvalue weighted by molar-refractivity contribution is -0.129. The molecule has 3 rings (SSSR count). The van der Waals surface area contributed by atoms with Crippen LogP contribution in [0.4, 0.5) is 4.39 Å². The van der Waals surface area contributed by atoms with E-state index in [1.807, 2.05) is 10.3 Å². The number of hydrogen-bond acceptors (Lipinski definition) is 4. The summed E-state index contributed by atoms with van der Waals surface area (Å²) in [6, 6.07) is 6.35. The number of likely N-dealkylation sites (tertiary alicyclic amines) is 1. The van der Waals surface area contributed by atoms with Crippen molar-refractivity contribution < 1.29 is 9.18 Å². The van der Waals surface area contributed by atoms with Gasteiger partial charge in [-0.25, -0.2) is 9.37 Å². The Bertz CT molecular complexity index is 636. The summed E-state index contributed by atoms with van der Waals surface area (Å²) in [5.41, 5.74) is 1.77. The molecular weight excluding hydrogens is 319 g/mol. The van der Waals surface area contributed by atoms with E-state index in [2.05, 4.69) is 4.98 Å². The Morgan fingerprint density at radius 3 is 2.73 bits per heavy atom. The molecule has 1 aliphatic rings. The van der Waals surface area contributed by atoms with Gasteiger partial charge in [-0.3, -0.25) is 4.79 Å². The number of nitrogens with zero attached hydrogens (tertiary/aromatic N) is 2. The molecule has 0 N–H and O–H groups in total. The molecule has 6 heteroatoms. The Kier molecular flexibility index (Phi) is 5.10. The van der Waals surface area contributed by atoms with Gasteiger partial charge in [0.1, 0.15) is 5.82 Å². The number of thiazole rings is 1. The number of aromatic nitrogens is 1. The van der Waals surface area contributed by atoms with E-state index >= 15 is 0 Å². The zero-order valence-corrected chi connectivity index (χ0v) is 13.8. The van der Waals surface area contributed by atoms with Crippen LogP contribution in [0.2, 0.25) is 0 Å². The normalized spacial score (nSPS) is 14.5. The van der Waals surface area contributed by atoms with Gasteiger partial charge in [-0.2, -0.15) is 0 Å². The van der Waals surface area contributed by atoms with E-state index in [-0.39, 0.29) is 11.7 Å². The van der Waals surface area contributed by atoms with E-state index in [4.69, 9.17) is 0 Å². The van der Waals surface area contributed by atoms with Crippen LogP contribution < -0.4 is 0 Å². The van der Waals surface area contributed by atoms with Crippen LogP contribution in [-0.2, 0) is 4.79 Å². The molecule has 0 atom stereocenters. The summed E-state index contributed by atoms with van der Waals surface area (Å²) in [4.78, 5) is 18.4. The largest absolute Gasteiger partial charge is 0.343 e. The minimum Gasteiger partial charge on any atom is -0.343 e. The van der Waals surface area contributed by atoms with Crippen molar-refractivity contribution in [2.24, 2.45) is 0 Å². The van der Waals surface area contributed by atoms with Crippen LogP contribution >= 0.6 is 23.1 Å². The van der Waals surface area contributed by atoms with Crippen molar-refractivity contribution in [3.8, 4) is 11.3 Å². The highest BCUT2D eigenvalue weighted by Gasteiger charge is 2.17. The summed E-state index contributed by atoms with van der Waals surface area (Å²) in [6.45, 7) is 1.82. The SMILES string of the molecule is O=C(CCSc1nc(-c2ccc(F)cc2)cs1)N1CCCC1. The van der Waals surface area contributed by atoms with Crippen LogP contribution in [0.15, 0.2) is 34.0 Å². The smallest absolute Gasteiger partial charge is 0.223 e. The number of carbonyl (C=O) groups is 1. The van der Waals surface area contributed by atoms with Gasteiger partial charge in [0.15, 0.2) is 4.34 Å². The molecule has 2 heterocycles. The highest BCUT2D eigenvalue weighted by atomic mass is 32.2. The van der Waals surface area contributed by atoms with E-state index in [1.165, 1.54) is 12.1 Å². The van der Waals surface area contributed by atoms with Crippen LogP contribution in [0.5, 0.6) is 0 Å². The first-order valence-corrected chi connectivity index (χ1v) is 9.21. The molecule has 3 nitrogen and oxygen atoms in total. The number of thioether (sulfide) groups is 1.